The molecule has 0 saturated heterocycles. The molecular weight excluding hydrogens is 324 g/mol. The third kappa shape index (κ3) is 5.96. The topological polar surface area (TPSA) is 79.2 Å². The normalized spacial score (nSPS) is 12.8. The van der Waals surface area contributed by atoms with Crippen LogP contribution in [-0.2, 0) is 9.53 Å². The van der Waals surface area contributed by atoms with E-state index in [1.165, 1.54) is 6.92 Å². The van der Waals surface area contributed by atoms with Gasteiger partial charge in [-0.05, 0) is 49.6 Å². The van der Waals surface area contributed by atoms with Crippen LogP contribution in [0.1, 0.15) is 23.7 Å². The first-order valence-corrected chi connectivity index (χ1v) is 8.40. The van der Waals surface area contributed by atoms with Gasteiger partial charge in [0.25, 0.3) is 5.91 Å². The van der Waals surface area contributed by atoms with Gasteiger partial charge in [0, 0.05) is 10.6 Å². The summed E-state index contributed by atoms with van der Waals surface area (Å²) in [6.07, 6.45) is 1.48. The van der Waals surface area contributed by atoms with Crippen LogP contribution in [0.25, 0.3) is 0 Å². The standard InChI is InChI=1S/C15H17ClN2O3S/c1-10(9-17)21-15(20)13(7-8-22-2)18-14(19)11-3-5-12(16)6-4-11/h3-6,10,13H,7-8H2,1-2H3,(H,18,19)/t10-,13+/m0/s1. The molecule has 0 spiro atoms. The fourth-order valence-electron chi connectivity index (χ4n) is 1.61. The van der Waals surface area contributed by atoms with Gasteiger partial charge in [0.1, 0.15) is 12.1 Å². The van der Waals surface area contributed by atoms with Crippen LogP contribution in [0.2, 0.25) is 5.02 Å². The summed E-state index contributed by atoms with van der Waals surface area (Å²) in [6, 6.07) is 7.39. The van der Waals surface area contributed by atoms with Crippen molar-refractivity contribution in [3.8, 4) is 6.07 Å². The van der Waals surface area contributed by atoms with Gasteiger partial charge in [-0.3, -0.25) is 4.79 Å². The van der Waals surface area contributed by atoms with E-state index in [1.807, 2.05) is 12.3 Å². The Bertz CT molecular complexity index is 557. The molecule has 0 aromatic heterocycles. The summed E-state index contributed by atoms with van der Waals surface area (Å²) >= 11 is 7.33. The van der Waals surface area contributed by atoms with Crippen molar-refractivity contribution in [3.63, 3.8) is 0 Å². The van der Waals surface area contributed by atoms with Gasteiger partial charge < -0.3 is 10.1 Å². The van der Waals surface area contributed by atoms with Crippen molar-refractivity contribution in [3.05, 3.63) is 34.9 Å². The summed E-state index contributed by atoms with van der Waals surface area (Å²) in [6.45, 7) is 1.48. The minimum Gasteiger partial charge on any atom is -0.446 e. The zero-order valence-electron chi connectivity index (χ0n) is 12.3. The number of ether oxygens (including phenoxy) is 1. The number of hydrogen-bond acceptors (Lipinski definition) is 5. The maximum absolute atomic E-state index is 12.2. The van der Waals surface area contributed by atoms with Crippen LogP contribution in [0.5, 0.6) is 0 Å². The third-order valence-electron chi connectivity index (χ3n) is 2.78. The van der Waals surface area contributed by atoms with E-state index in [4.69, 9.17) is 21.6 Å². The molecule has 0 saturated carbocycles. The van der Waals surface area contributed by atoms with E-state index in [1.54, 1.807) is 36.0 Å². The van der Waals surface area contributed by atoms with Crippen molar-refractivity contribution < 1.29 is 14.3 Å². The number of rotatable bonds is 7. The van der Waals surface area contributed by atoms with E-state index < -0.39 is 18.1 Å². The molecule has 0 heterocycles. The van der Waals surface area contributed by atoms with Crippen molar-refractivity contribution in [1.82, 2.24) is 5.32 Å². The van der Waals surface area contributed by atoms with Crippen molar-refractivity contribution in [2.45, 2.75) is 25.5 Å². The van der Waals surface area contributed by atoms with Gasteiger partial charge in [0.2, 0.25) is 0 Å². The molecule has 0 aliphatic heterocycles. The molecule has 118 valence electrons. The Morgan fingerprint density at radius 2 is 2.05 bits per heavy atom. The van der Waals surface area contributed by atoms with Crippen LogP contribution in [0.15, 0.2) is 24.3 Å². The lowest BCUT2D eigenvalue weighted by Gasteiger charge is -2.18. The van der Waals surface area contributed by atoms with Crippen LogP contribution < -0.4 is 5.32 Å². The maximum atomic E-state index is 12.2. The third-order valence-corrected chi connectivity index (χ3v) is 3.68. The van der Waals surface area contributed by atoms with E-state index in [2.05, 4.69) is 5.32 Å². The number of hydrogen-bond donors (Lipinski definition) is 1. The molecular formula is C15H17ClN2O3S. The molecule has 1 amide bonds. The summed E-state index contributed by atoms with van der Waals surface area (Å²) in [5.41, 5.74) is 0.402. The highest BCUT2D eigenvalue weighted by Crippen LogP contribution is 2.11. The number of amides is 1. The van der Waals surface area contributed by atoms with Gasteiger partial charge in [0.15, 0.2) is 6.10 Å². The lowest BCUT2D eigenvalue weighted by atomic mass is 10.1. The minimum absolute atomic E-state index is 0.385. The number of benzene rings is 1. The molecule has 1 aromatic rings. The summed E-state index contributed by atoms with van der Waals surface area (Å²) in [7, 11) is 0. The van der Waals surface area contributed by atoms with Gasteiger partial charge in [-0.1, -0.05) is 11.6 Å². The number of carbonyl (C=O) groups excluding carboxylic acids is 2. The molecule has 0 bridgehead atoms. The second-order valence-electron chi connectivity index (χ2n) is 4.52. The molecule has 5 nitrogen and oxygen atoms in total. The second kappa shape index (κ2) is 9.34. The first-order chi connectivity index (χ1) is 10.5. The molecule has 22 heavy (non-hydrogen) atoms. The van der Waals surface area contributed by atoms with Crippen molar-refractivity contribution >= 4 is 35.2 Å². The molecule has 0 radical (unpaired) electrons. The number of nitriles is 1. The van der Waals surface area contributed by atoms with Crippen LogP contribution in [-0.4, -0.2) is 36.0 Å². The molecule has 0 unspecified atom stereocenters. The first-order valence-electron chi connectivity index (χ1n) is 6.63. The Morgan fingerprint density at radius 3 is 2.59 bits per heavy atom. The smallest absolute Gasteiger partial charge is 0.329 e. The largest absolute Gasteiger partial charge is 0.446 e. The van der Waals surface area contributed by atoms with Crippen molar-refractivity contribution in [2.75, 3.05) is 12.0 Å². The van der Waals surface area contributed by atoms with Crippen LogP contribution in [0.4, 0.5) is 0 Å². The Balaban J connectivity index is 2.75. The average Bonchev–Trinajstić information content (AvgIpc) is 2.51. The Morgan fingerprint density at radius 1 is 1.41 bits per heavy atom. The van der Waals surface area contributed by atoms with E-state index in [0.717, 1.165) is 0 Å². The Labute approximate surface area is 139 Å². The van der Waals surface area contributed by atoms with Crippen molar-refractivity contribution in [1.29, 1.82) is 5.26 Å². The van der Waals surface area contributed by atoms with Crippen LogP contribution >= 0.6 is 23.4 Å². The number of carbonyl (C=O) groups is 2. The SMILES string of the molecule is CSCC[C@@H](NC(=O)c1ccc(Cl)cc1)C(=O)O[C@@H](C)C#N. The highest BCUT2D eigenvalue weighted by molar-refractivity contribution is 7.98. The fraction of sp³-hybridized carbons (Fsp3) is 0.400. The van der Waals surface area contributed by atoms with Crippen LogP contribution in [0.3, 0.4) is 0 Å². The van der Waals surface area contributed by atoms with E-state index in [0.29, 0.717) is 22.8 Å². The lowest BCUT2D eigenvalue weighted by molar-refractivity contribution is -0.148. The Hall–Kier alpha value is -1.71. The number of nitrogens with zero attached hydrogens (tertiary/aromatic N) is 1. The summed E-state index contributed by atoms with van der Waals surface area (Å²) in [5, 5.41) is 11.9. The number of esters is 1. The van der Waals surface area contributed by atoms with Gasteiger partial charge >= 0.3 is 5.97 Å². The van der Waals surface area contributed by atoms with Gasteiger partial charge in [0.05, 0.1) is 0 Å². The predicted octanol–water partition coefficient (Wildman–Crippen LogP) is 2.65. The number of halogens is 1. The first kappa shape index (κ1) is 18.3. The summed E-state index contributed by atoms with van der Waals surface area (Å²) < 4.78 is 4.97. The second-order valence-corrected chi connectivity index (χ2v) is 5.94. The maximum Gasteiger partial charge on any atom is 0.329 e. The van der Waals surface area contributed by atoms with Crippen LogP contribution in [0, 0.1) is 11.3 Å². The summed E-state index contributed by atoms with van der Waals surface area (Å²) in [4.78, 5) is 24.2. The van der Waals surface area contributed by atoms with Crippen molar-refractivity contribution in [2.24, 2.45) is 0 Å². The molecule has 1 aromatic carbocycles. The van der Waals surface area contributed by atoms with E-state index >= 15 is 0 Å². The molecule has 7 heteroatoms. The molecule has 1 rings (SSSR count). The zero-order valence-corrected chi connectivity index (χ0v) is 13.9. The fourth-order valence-corrected chi connectivity index (χ4v) is 2.21. The van der Waals surface area contributed by atoms with Gasteiger partial charge in [-0.2, -0.15) is 17.0 Å². The number of thioether (sulfide) groups is 1. The van der Waals surface area contributed by atoms with Gasteiger partial charge in [-0.15, -0.1) is 0 Å². The molecule has 2 atom stereocenters. The van der Waals surface area contributed by atoms with E-state index in [-0.39, 0.29) is 5.91 Å². The molecule has 0 fully saturated rings. The molecule has 1 N–H and O–H groups in total. The number of nitrogens with one attached hydrogen (secondary N) is 1. The minimum atomic E-state index is -0.850. The molecule has 0 aliphatic rings. The Kier molecular flexibility index (Phi) is 7.78. The quantitative estimate of drug-likeness (QED) is 0.772. The monoisotopic (exact) mass is 340 g/mol. The predicted molar refractivity (Wildman–Crippen MR) is 86.9 cm³/mol. The average molecular weight is 341 g/mol. The molecule has 0 aliphatic carbocycles. The van der Waals surface area contributed by atoms with Gasteiger partial charge in [-0.25, -0.2) is 4.79 Å². The highest BCUT2D eigenvalue weighted by Gasteiger charge is 2.24. The van der Waals surface area contributed by atoms with E-state index in [9.17, 15) is 9.59 Å². The lowest BCUT2D eigenvalue weighted by Crippen LogP contribution is -2.43. The summed E-state index contributed by atoms with van der Waals surface area (Å²) in [5.74, 6) is -0.309. The highest BCUT2D eigenvalue weighted by atomic mass is 35.5. The zero-order chi connectivity index (χ0) is 16.5.